The number of rotatable bonds is 22. The van der Waals surface area contributed by atoms with Gasteiger partial charge in [-0.2, -0.15) is 5.06 Å². The zero-order chi connectivity index (χ0) is 61.8. The summed E-state index contributed by atoms with van der Waals surface area (Å²) in [4.78, 5) is 134. The minimum atomic E-state index is -2.04. The van der Waals surface area contributed by atoms with E-state index in [4.69, 9.17) is 80.6 Å². The van der Waals surface area contributed by atoms with Gasteiger partial charge in [-0.25, -0.2) is 0 Å². The van der Waals surface area contributed by atoms with Crippen molar-refractivity contribution >= 4 is 59.7 Å². The smallest absolute Gasteiger partial charge is 0.303 e. The second kappa shape index (κ2) is 29.3. The van der Waals surface area contributed by atoms with Gasteiger partial charge in [-0.3, -0.25) is 52.8 Å². The van der Waals surface area contributed by atoms with E-state index >= 15 is 0 Å². The van der Waals surface area contributed by atoms with Crippen molar-refractivity contribution in [1.29, 1.82) is 0 Å². The molecular formula is C55H77NO27. The summed E-state index contributed by atoms with van der Waals surface area (Å²) in [6.45, 7) is 18.4. The zero-order valence-corrected chi connectivity index (χ0v) is 49.3. The summed E-state index contributed by atoms with van der Waals surface area (Å²) in [6.07, 6.45) is -24.4. The van der Waals surface area contributed by atoms with Gasteiger partial charge in [-0.05, 0) is 71.6 Å². The molecule has 4 heterocycles. The SMILES string of the molecule is CC(=O)OC[C@H]1O[C@@H](O[C@H]2[C@H](OC(C)=O)[C@@H](OC(C)=O)[C@H](O[C@H]3[C@H](OC(C)=O)[C@@H](OC(C)=O)[C@H](Oc4ccc(C(C)ON5C(C)(C)CCCC5(C)C)cc4)O[C@@H]3COC(C)=O)O[C@@H]2COC(C)=O)[C@H](OC(C)=O)[C@@H](OC(C)=O)[C@@H]1OC(C)=O. The number of ether oxygens (including phenoxy) is 16. The molecular weight excluding hydrogens is 1110 g/mol. The van der Waals surface area contributed by atoms with Gasteiger partial charge in [0.05, 0.1) is 0 Å². The summed E-state index contributed by atoms with van der Waals surface area (Å²) in [6, 6.07) is 6.74. The molecule has 0 amide bonds. The standard InChI is InChI=1S/C55H77NO27/c1-26(83-56-54(12,13)21-16-22-55(56,14)15)37-17-19-38(20-18-37)77-51-48(74-34(9)64)46(72-32(7)62)43(40(78-51)24-68-28(3)58)81-53-50(76-36(11)66)47(73-33(8)63)44(41(80-53)25-69-29(4)59)82-52-49(75-35(10)65)45(71-31(6)61)42(70-30(5)60)39(79-52)23-67-27(2)57/h17-20,26,39-53H,16,21-25H2,1-15H3/t26?,39-,40-,41-,42-,43-,44-,45+,46+,47+,48-,49-,50-,51-,52+,53+/m1/s1. The molecule has 4 aliphatic heterocycles. The molecule has 1 aromatic rings. The predicted octanol–water partition coefficient (Wildman–Crippen LogP) is 3.26. The Morgan fingerprint density at radius 1 is 0.434 bits per heavy atom. The molecule has 0 radical (unpaired) electrons. The molecule has 0 aromatic heterocycles. The second-order valence-electron chi connectivity index (χ2n) is 21.5. The summed E-state index contributed by atoms with van der Waals surface area (Å²) in [5.74, 6) is -9.29. The molecule has 83 heavy (non-hydrogen) atoms. The normalized spacial score (nSPS) is 30.6. The van der Waals surface area contributed by atoms with E-state index in [-0.39, 0.29) is 16.8 Å². The average Bonchev–Trinajstić information content (AvgIpc) is 3.52. The van der Waals surface area contributed by atoms with Crippen LogP contribution in [0.1, 0.15) is 135 Å². The molecule has 16 atom stereocenters. The molecule has 5 rings (SSSR count). The number of carbonyl (C=O) groups is 10. The highest BCUT2D eigenvalue weighted by molar-refractivity contribution is 5.70. The first kappa shape index (κ1) is 67.2. The fourth-order valence-corrected chi connectivity index (χ4v) is 10.3. The van der Waals surface area contributed by atoms with Crippen LogP contribution in [0.4, 0.5) is 0 Å². The third-order valence-corrected chi connectivity index (χ3v) is 13.4. The van der Waals surface area contributed by atoms with Crippen molar-refractivity contribution in [1.82, 2.24) is 5.06 Å². The van der Waals surface area contributed by atoms with Crippen LogP contribution in [0.2, 0.25) is 0 Å². The van der Waals surface area contributed by atoms with Crippen molar-refractivity contribution in [2.24, 2.45) is 0 Å². The van der Waals surface area contributed by atoms with E-state index < -0.39 is 178 Å². The van der Waals surface area contributed by atoms with Crippen molar-refractivity contribution < 1.29 is 129 Å². The minimum Gasteiger partial charge on any atom is -0.463 e. The summed E-state index contributed by atoms with van der Waals surface area (Å²) in [5, 5.41) is 2.04. The first-order valence-corrected chi connectivity index (χ1v) is 26.9. The van der Waals surface area contributed by atoms with Gasteiger partial charge in [0.15, 0.2) is 49.2 Å². The van der Waals surface area contributed by atoms with Crippen LogP contribution in [-0.4, -0.2) is 188 Å². The molecule has 4 aliphatic rings. The van der Waals surface area contributed by atoms with Gasteiger partial charge in [0, 0.05) is 80.3 Å². The summed E-state index contributed by atoms with van der Waals surface area (Å²) >= 11 is 0. The van der Waals surface area contributed by atoms with E-state index in [1.807, 2.05) is 12.0 Å². The maximum Gasteiger partial charge on any atom is 0.303 e. The van der Waals surface area contributed by atoms with Crippen LogP contribution in [0.25, 0.3) is 0 Å². The summed E-state index contributed by atoms with van der Waals surface area (Å²) < 4.78 is 94.3. The number of esters is 10. The second-order valence-corrected chi connectivity index (χ2v) is 21.5. The Balaban J connectivity index is 1.59. The number of hydroxylamine groups is 2. The number of nitrogens with zero attached hydrogens (tertiary/aromatic N) is 1. The van der Waals surface area contributed by atoms with Gasteiger partial charge >= 0.3 is 59.7 Å². The molecule has 464 valence electrons. The van der Waals surface area contributed by atoms with Crippen LogP contribution in [0, 0.1) is 0 Å². The number of carbonyl (C=O) groups excluding carboxylic acids is 10. The van der Waals surface area contributed by atoms with Crippen LogP contribution in [0.3, 0.4) is 0 Å². The van der Waals surface area contributed by atoms with Crippen molar-refractivity contribution in [3.05, 3.63) is 29.8 Å². The maximum absolute atomic E-state index is 13.2. The van der Waals surface area contributed by atoms with E-state index in [1.165, 1.54) is 0 Å². The minimum absolute atomic E-state index is 0.166. The Morgan fingerprint density at radius 2 is 0.735 bits per heavy atom. The van der Waals surface area contributed by atoms with Crippen molar-refractivity contribution in [3.63, 3.8) is 0 Å². The molecule has 0 saturated carbocycles. The number of hydrogen-bond donors (Lipinski definition) is 0. The Hall–Kier alpha value is -6.56. The van der Waals surface area contributed by atoms with Crippen LogP contribution < -0.4 is 4.74 Å². The van der Waals surface area contributed by atoms with Crippen LogP contribution in [-0.2, 0) is 124 Å². The fraction of sp³-hybridized carbons (Fsp3) is 0.709. The molecule has 4 saturated heterocycles. The highest BCUT2D eigenvalue weighted by atomic mass is 16.8. The average molecular weight is 1180 g/mol. The molecule has 1 unspecified atom stereocenters. The third-order valence-electron chi connectivity index (χ3n) is 13.4. The Bertz CT molecular complexity index is 2460. The molecule has 28 heteroatoms. The molecule has 0 N–H and O–H groups in total. The molecule has 1 aromatic carbocycles. The molecule has 28 nitrogen and oxygen atoms in total. The maximum atomic E-state index is 13.2. The van der Waals surface area contributed by atoms with Crippen LogP contribution in [0.15, 0.2) is 24.3 Å². The summed E-state index contributed by atoms with van der Waals surface area (Å²) in [7, 11) is 0. The van der Waals surface area contributed by atoms with Crippen LogP contribution in [0.5, 0.6) is 5.75 Å². The monoisotopic (exact) mass is 1180 g/mol. The number of benzene rings is 1. The van der Waals surface area contributed by atoms with Gasteiger partial charge in [-0.15, -0.1) is 0 Å². The van der Waals surface area contributed by atoms with Crippen LogP contribution >= 0.6 is 0 Å². The lowest BCUT2D eigenvalue weighted by molar-refractivity contribution is -0.377. The summed E-state index contributed by atoms with van der Waals surface area (Å²) in [5.41, 5.74) is 0.278. The quantitative estimate of drug-likeness (QED) is 0.119. The molecule has 4 fully saturated rings. The first-order chi connectivity index (χ1) is 38.8. The third kappa shape index (κ3) is 19.0. The van der Waals surface area contributed by atoms with Gasteiger partial charge in [0.1, 0.15) is 62.2 Å². The Kier molecular flexibility index (Phi) is 23.7. The lowest BCUT2D eigenvalue weighted by Gasteiger charge is -2.52. The zero-order valence-electron chi connectivity index (χ0n) is 49.3. The first-order valence-electron chi connectivity index (χ1n) is 26.9. The molecule has 0 aliphatic carbocycles. The number of piperidine rings is 1. The highest BCUT2D eigenvalue weighted by Crippen LogP contribution is 2.42. The van der Waals surface area contributed by atoms with Gasteiger partial charge < -0.3 is 75.8 Å². The lowest BCUT2D eigenvalue weighted by atomic mass is 9.82. The topological polar surface area (TPSA) is 331 Å². The van der Waals surface area contributed by atoms with Gasteiger partial charge in [0.25, 0.3) is 0 Å². The predicted molar refractivity (Wildman–Crippen MR) is 275 cm³/mol. The molecule has 0 spiro atoms. The largest absolute Gasteiger partial charge is 0.463 e. The van der Waals surface area contributed by atoms with E-state index in [9.17, 15) is 47.9 Å². The Labute approximate surface area is 480 Å². The van der Waals surface area contributed by atoms with E-state index in [0.29, 0.717) is 0 Å². The van der Waals surface area contributed by atoms with Gasteiger partial charge in [-0.1, -0.05) is 12.1 Å². The molecule has 0 bridgehead atoms. The van der Waals surface area contributed by atoms with Crippen molar-refractivity contribution in [3.8, 4) is 5.75 Å². The fourth-order valence-electron chi connectivity index (χ4n) is 10.3. The van der Waals surface area contributed by atoms with Crippen molar-refractivity contribution in [2.75, 3.05) is 19.8 Å². The van der Waals surface area contributed by atoms with Crippen molar-refractivity contribution in [2.45, 2.75) is 232 Å². The number of hydrogen-bond acceptors (Lipinski definition) is 28. The van der Waals surface area contributed by atoms with E-state index in [0.717, 1.165) is 94.1 Å². The van der Waals surface area contributed by atoms with E-state index in [1.54, 1.807) is 24.3 Å². The lowest BCUT2D eigenvalue weighted by Crippen LogP contribution is -2.69. The van der Waals surface area contributed by atoms with E-state index in [2.05, 4.69) is 27.7 Å². The Morgan fingerprint density at radius 3 is 1.08 bits per heavy atom. The van der Waals surface area contributed by atoms with Gasteiger partial charge in [0.2, 0.25) is 12.4 Å². The highest BCUT2D eigenvalue weighted by Gasteiger charge is 2.60.